The lowest BCUT2D eigenvalue weighted by molar-refractivity contribution is -0.137. The Labute approximate surface area is 137 Å². The van der Waals surface area contributed by atoms with E-state index in [2.05, 4.69) is 0 Å². The maximum absolute atomic E-state index is 12.4. The molecule has 2 N–H and O–H groups in total. The first kappa shape index (κ1) is 15.6. The van der Waals surface area contributed by atoms with Crippen LogP contribution in [-0.2, 0) is 11.2 Å². The second kappa shape index (κ2) is 6.42. The molecule has 0 bridgehead atoms. The van der Waals surface area contributed by atoms with Gasteiger partial charge in [-0.3, -0.25) is 9.59 Å². The maximum Gasteiger partial charge on any atom is 0.303 e. The van der Waals surface area contributed by atoms with Crippen LogP contribution in [0.15, 0.2) is 29.6 Å². The van der Waals surface area contributed by atoms with Crippen molar-refractivity contribution in [1.82, 2.24) is 0 Å². The van der Waals surface area contributed by atoms with Gasteiger partial charge in [-0.1, -0.05) is 6.07 Å². The Balaban J connectivity index is 1.92. The third-order valence-corrected chi connectivity index (χ3v) is 4.81. The molecular weight excluding hydrogens is 316 g/mol. The van der Waals surface area contributed by atoms with Gasteiger partial charge in [0, 0.05) is 16.9 Å². The average Bonchev–Trinajstić information content (AvgIpc) is 3.03. The molecule has 23 heavy (non-hydrogen) atoms. The van der Waals surface area contributed by atoms with Gasteiger partial charge in [-0.2, -0.15) is 0 Å². The number of phenols is 1. The van der Waals surface area contributed by atoms with Gasteiger partial charge < -0.3 is 14.9 Å². The standard InChI is InChI=1S/C17H16O5S/c18-12-7-6-11-13(19)9-14(15-4-2-8-23-15)22-17(11)10(12)3-1-5-16(20)21/h2,4,6-8,14,18H,1,3,5,9H2,(H,20,21). The van der Waals surface area contributed by atoms with Crippen molar-refractivity contribution in [2.24, 2.45) is 0 Å². The third kappa shape index (κ3) is 3.22. The summed E-state index contributed by atoms with van der Waals surface area (Å²) in [6, 6.07) is 6.86. The van der Waals surface area contributed by atoms with Gasteiger partial charge in [0.15, 0.2) is 5.78 Å². The Bertz CT molecular complexity index is 736. The molecule has 0 saturated heterocycles. The Morgan fingerprint density at radius 2 is 2.17 bits per heavy atom. The van der Waals surface area contributed by atoms with Crippen molar-refractivity contribution in [2.45, 2.75) is 31.8 Å². The zero-order valence-electron chi connectivity index (χ0n) is 12.3. The van der Waals surface area contributed by atoms with Crippen molar-refractivity contribution in [3.8, 4) is 11.5 Å². The van der Waals surface area contributed by atoms with E-state index in [0.29, 0.717) is 29.7 Å². The zero-order chi connectivity index (χ0) is 16.4. The fourth-order valence-electron chi connectivity index (χ4n) is 2.73. The molecule has 120 valence electrons. The number of Topliss-reactive ketones (excluding diaryl/α,β-unsaturated/α-hetero) is 1. The lowest BCUT2D eigenvalue weighted by Gasteiger charge is -2.27. The molecule has 1 aromatic heterocycles. The highest BCUT2D eigenvalue weighted by Gasteiger charge is 2.31. The molecule has 2 heterocycles. The van der Waals surface area contributed by atoms with Gasteiger partial charge in [0.1, 0.15) is 17.6 Å². The molecule has 1 unspecified atom stereocenters. The number of hydrogen-bond acceptors (Lipinski definition) is 5. The summed E-state index contributed by atoms with van der Waals surface area (Å²) in [5.74, 6) is -0.481. The van der Waals surface area contributed by atoms with Crippen molar-refractivity contribution in [1.29, 1.82) is 0 Å². The van der Waals surface area contributed by atoms with E-state index in [9.17, 15) is 14.7 Å². The minimum Gasteiger partial charge on any atom is -0.508 e. The van der Waals surface area contributed by atoms with Crippen LogP contribution < -0.4 is 4.74 Å². The van der Waals surface area contributed by atoms with E-state index in [1.54, 1.807) is 6.07 Å². The lowest BCUT2D eigenvalue weighted by atomic mass is 9.94. The monoisotopic (exact) mass is 332 g/mol. The first-order chi connectivity index (χ1) is 11.1. The Morgan fingerprint density at radius 3 is 2.87 bits per heavy atom. The maximum atomic E-state index is 12.4. The van der Waals surface area contributed by atoms with Crippen LogP contribution >= 0.6 is 11.3 Å². The summed E-state index contributed by atoms with van der Waals surface area (Å²) >= 11 is 1.52. The molecule has 0 radical (unpaired) electrons. The summed E-state index contributed by atoms with van der Waals surface area (Å²) in [5, 5.41) is 20.8. The molecular formula is C17H16O5S. The molecule has 0 spiro atoms. The lowest BCUT2D eigenvalue weighted by Crippen LogP contribution is -2.21. The Kier molecular flexibility index (Phi) is 4.34. The molecule has 5 nitrogen and oxygen atoms in total. The first-order valence-corrected chi connectivity index (χ1v) is 8.24. The molecule has 1 aliphatic rings. The minimum absolute atomic E-state index is 0.00536. The fraction of sp³-hybridized carbons (Fsp3) is 0.294. The van der Waals surface area contributed by atoms with E-state index in [1.165, 1.54) is 17.4 Å². The third-order valence-electron chi connectivity index (χ3n) is 3.85. The van der Waals surface area contributed by atoms with Crippen LogP contribution in [0.1, 0.15) is 46.2 Å². The number of ether oxygens (including phenoxy) is 1. The number of fused-ring (bicyclic) bond motifs is 1. The van der Waals surface area contributed by atoms with E-state index < -0.39 is 5.97 Å². The van der Waals surface area contributed by atoms with E-state index in [0.717, 1.165) is 4.88 Å². The van der Waals surface area contributed by atoms with Crippen LogP contribution in [0.2, 0.25) is 0 Å². The molecule has 0 fully saturated rings. The van der Waals surface area contributed by atoms with E-state index in [4.69, 9.17) is 9.84 Å². The summed E-state index contributed by atoms with van der Waals surface area (Å²) in [5.41, 5.74) is 0.972. The zero-order valence-corrected chi connectivity index (χ0v) is 13.1. The molecule has 1 aromatic carbocycles. The predicted molar refractivity (Wildman–Crippen MR) is 85.3 cm³/mol. The highest BCUT2D eigenvalue weighted by Crippen LogP contribution is 2.42. The van der Waals surface area contributed by atoms with Crippen LogP contribution in [0.3, 0.4) is 0 Å². The van der Waals surface area contributed by atoms with Gasteiger partial charge in [0.2, 0.25) is 0 Å². The number of carbonyl (C=O) groups is 2. The number of phenolic OH excluding ortho intramolecular Hbond substituents is 1. The first-order valence-electron chi connectivity index (χ1n) is 7.36. The summed E-state index contributed by atoms with van der Waals surface area (Å²) < 4.78 is 6.00. The highest BCUT2D eigenvalue weighted by atomic mass is 32.1. The van der Waals surface area contributed by atoms with Gasteiger partial charge in [0.05, 0.1) is 12.0 Å². The van der Waals surface area contributed by atoms with Crippen LogP contribution in [0.4, 0.5) is 0 Å². The number of rotatable bonds is 5. The fourth-order valence-corrected chi connectivity index (χ4v) is 3.48. The van der Waals surface area contributed by atoms with Gasteiger partial charge in [-0.25, -0.2) is 0 Å². The number of benzene rings is 1. The number of aromatic hydroxyl groups is 1. The number of ketones is 1. The molecule has 0 amide bonds. The summed E-state index contributed by atoms with van der Waals surface area (Å²) in [6.45, 7) is 0. The predicted octanol–water partition coefficient (Wildman–Crippen LogP) is 3.57. The summed E-state index contributed by atoms with van der Waals surface area (Å²) in [6.07, 6.45) is 0.653. The van der Waals surface area contributed by atoms with E-state index in [1.807, 2.05) is 17.5 Å². The van der Waals surface area contributed by atoms with Gasteiger partial charge >= 0.3 is 5.97 Å². The van der Waals surface area contributed by atoms with Crippen molar-refractivity contribution >= 4 is 23.1 Å². The van der Waals surface area contributed by atoms with E-state index in [-0.39, 0.29) is 30.5 Å². The minimum atomic E-state index is -0.886. The Hall–Kier alpha value is -2.34. The average molecular weight is 332 g/mol. The van der Waals surface area contributed by atoms with Crippen molar-refractivity contribution in [2.75, 3.05) is 0 Å². The largest absolute Gasteiger partial charge is 0.508 e. The van der Waals surface area contributed by atoms with E-state index >= 15 is 0 Å². The van der Waals surface area contributed by atoms with Crippen LogP contribution in [0.5, 0.6) is 11.5 Å². The van der Waals surface area contributed by atoms with Crippen LogP contribution in [0.25, 0.3) is 0 Å². The molecule has 3 rings (SSSR count). The van der Waals surface area contributed by atoms with Crippen molar-refractivity contribution in [3.05, 3.63) is 45.6 Å². The number of carbonyl (C=O) groups excluding carboxylic acids is 1. The van der Waals surface area contributed by atoms with Gasteiger partial charge in [0.25, 0.3) is 0 Å². The number of hydrogen-bond donors (Lipinski definition) is 2. The second-order valence-corrected chi connectivity index (χ2v) is 6.42. The number of carboxylic acid groups (broad SMARTS) is 1. The molecule has 0 saturated carbocycles. The van der Waals surface area contributed by atoms with Crippen LogP contribution in [0, 0.1) is 0 Å². The summed E-state index contributed by atoms with van der Waals surface area (Å²) in [7, 11) is 0. The number of thiophene rings is 1. The van der Waals surface area contributed by atoms with Crippen molar-refractivity contribution in [3.63, 3.8) is 0 Å². The number of aliphatic carboxylic acids is 1. The molecule has 0 aliphatic carbocycles. The van der Waals surface area contributed by atoms with Crippen molar-refractivity contribution < 1.29 is 24.5 Å². The quantitative estimate of drug-likeness (QED) is 0.874. The molecule has 6 heteroatoms. The molecule has 2 aromatic rings. The van der Waals surface area contributed by atoms with Gasteiger partial charge in [-0.05, 0) is 36.4 Å². The topological polar surface area (TPSA) is 83.8 Å². The highest BCUT2D eigenvalue weighted by molar-refractivity contribution is 7.10. The Morgan fingerprint density at radius 1 is 1.35 bits per heavy atom. The SMILES string of the molecule is O=C(O)CCCc1c(O)ccc2c1OC(c1cccs1)CC2=O. The van der Waals surface area contributed by atoms with Crippen LogP contribution in [-0.4, -0.2) is 22.0 Å². The summed E-state index contributed by atoms with van der Waals surface area (Å²) in [4.78, 5) is 24.0. The normalized spacial score (nSPS) is 16.7. The number of carboxylic acids is 1. The second-order valence-electron chi connectivity index (χ2n) is 5.44. The van der Waals surface area contributed by atoms with Gasteiger partial charge in [-0.15, -0.1) is 11.3 Å². The smallest absolute Gasteiger partial charge is 0.303 e. The molecule has 1 atom stereocenters. The molecule has 1 aliphatic heterocycles.